The molecule has 9 nitrogen and oxygen atoms in total. The summed E-state index contributed by atoms with van der Waals surface area (Å²) in [6, 6.07) is 3.85. The number of carbonyl (C=O) groups excluding carboxylic acids is 1. The van der Waals surface area contributed by atoms with Crippen molar-refractivity contribution in [1.29, 1.82) is 0 Å². The lowest BCUT2D eigenvalue weighted by atomic mass is 10.1. The molecule has 4 N–H and O–H groups in total. The Labute approximate surface area is 107 Å². The number of aromatic carboxylic acids is 1. The van der Waals surface area contributed by atoms with Crippen molar-refractivity contribution in [3.05, 3.63) is 39.4 Å². The lowest BCUT2D eigenvalue weighted by Gasteiger charge is -2.07. The number of rotatable bonds is 7. The Kier molecular flexibility index (Phi) is 4.92. The van der Waals surface area contributed by atoms with Crippen molar-refractivity contribution >= 4 is 17.6 Å². The van der Waals surface area contributed by atoms with E-state index in [9.17, 15) is 19.7 Å². The monoisotopic (exact) mass is 269 g/mol. The van der Waals surface area contributed by atoms with Crippen LogP contribution in [0.25, 0.3) is 0 Å². The zero-order valence-electron chi connectivity index (χ0n) is 9.66. The van der Waals surface area contributed by atoms with Gasteiger partial charge in [-0.3, -0.25) is 19.7 Å². The van der Waals surface area contributed by atoms with E-state index in [4.69, 9.17) is 10.8 Å². The maximum Gasteiger partial charge on any atom is 0.343 e. The summed E-state index contributed by atoms with van der Waals surface area (Å²) in [6.45, 7) is -0.506. The second-order valence-electron chi connectivity index (χ2n) is 3.45. The number of primary amides is 1. The minimum atomic E-state index is -1.42. The third-order valence-corrected chi connectivity index (χ3v) is 2.12. The molecule has 0 radical (unpaired) electrons. The Hall–Kier alpha value is -2.52. The summed E-state index contributed by atoms with van der Waals surface area (Å²) in [5.74, 6) is -2.12. The number of nitro benzene ring substituents is 1. The molecule has 0 unspecified atom stereocenters. The van der Waals surface area contributed by atoms with E-state index in [2.05, 4.69) is 10.3 Å². The molecule has 0 spiro atoms. The maximum atomic E-state index is 11.0. The number of amides is 1. The van der Waals surface area contributed by atoms with E-state index in [-0.39, 0.29) is 12.1 Å². The normalized spacial score (nSPS) is 10.1. The van der Waals surface area contributed by atoms with Crippen LogP contribution in [-0.2, 0) is 16.2 Å². The van der Waals surface area contributed by atoms with Gasteiger partial charge in [-0.15, -0.1) is 0 Å². The fourth-order valence-corrected chi connectivity index (χ4v) is 1.38. The third kappa shape index (κ3) is 4.01. The van der Waals surface area contributed by atoms with E-state index in [1.807, 2.05) is 0 Å². The number of nitrogens with one attached hydrogen (secondary N) is 1. The van der Waals surface area contributed by atoms with Crippen molar-refractivity contribution in [2.24, 2.45) is 5.73 Å². The summed E-state index contributed by atoms with van der Waals surface area (Å²) in [6.07, 6.45) is 0. The van der Waals surface area contributed by atoms with E-state index in [0.717, 1.165) is 6.07 Å². The molecule has 1 amide bonds. The van der Waals surface area contributed by atoms with Crippen molar-refractivity contribution < 1.29 is 24.5 Å². The fraction of sp³-hybridized carbons (Fsp3) is 0.200. The summed E-state index contributed by atoms with van der Waals surface area (Å²) < 4.78 is 0. The highest BCUT2D eigenvalue weighted by molar-refractivity contribution is 5.94. The molecule has 1 aromatic rings. The Morgan fingerprint density at radius 2 is 2.16 bits per heavy atom. The largest absolute Gasteiger partial charge is 0.477 e. The number of benzene rings is 1. The first-order valence-corrected chi connectivity index (χ1v) is 5.06. The molecule has 9 heteroatoms. The highest BCUT2D eigenvalue weighted by Gasteiger charge is 2.23. The first kappa shape index (κ1) is 14.5. The second-order valence-corrected chi connectivity index (χ2v) is 3.45. The van der Waals surface area contributed by atoms with Gasteiger partial charge in [-0.25, -0.2) is 4.79 Å². The lowest BCUT2D eigenvalue weighted by molar-refractivity contribution is -0.385. The molecule has 1 aromatic carbocycles. The van der Waals surface area contributed by atoms with Crippen molar-refractivity contribution in [3.8, 4) is 0 Å². The SMILES string of the molecule is NC(=O)CONCc1cccc([N+](=O)[O-])c1C(=O)O. The number of hydroxylamine groups is 1. The number of hydrogen-bond acceptors (Lipinski definition) is 6. The van der Waals surface area contributed by atoms with Gasteiger partial charge in [-0.2, -0.15) is 5.48 Å². The number of nitro groups is 1. The Morgan fingerprint density at radius 1 is 1.47 bits per heavy atom. The Morgan fingerprint density at radius 3 is 2.68 bits per heavy atom. The molecule has 0 aromatic heterocycles. The molecule has 102 valence electrons. The van der Waals surface area contributed by atoms with Crippen LogP contribution in [0.15, 0.2) is 18.2 Å². The van der Waals surface area contributed by atoms with E-state index in [0.29, 0.717) is 0 Å². The lowest BCUT2D eigenvalue weighted by Crippen LogP contribution is -2.25. The van der Waals surface area contributed by atoms with E-state index in [1.54, 1.807) is 0 Å². The number of hydrogen-bond donors (Lipinski definition) is 3. The van der Waals surface area contributed by atoms with Crippen molar-refractivity contribution in [1.82, 2.24) is 5.48 Å². The number of carboxylic acid groups (broad SMARTS) is 1. The molecule has 0 saturated heterocycles. The summed E-state index contributed by atoms with van der Waals surface area (Å²) in [4.78, 5) is 36.0. The van der Waals surface area contributed by atoms with Crippen molar-refractivity contribution in [2.75, 3.05) is 6.61 Å². The minimum Gasteiger partial charge on any atom is -0.477 e. The van der Waals surface area contributed by atoms with Crippen LogP contribution in [-0.4, -0.2) is 28.5 Å². The molecule has 1 rings (SSSR count). The number of nitrogens with zero attached hydrogens (tertiary/aromatic N) is 1. The van der Waals surface area contributed by atoms with Crippen LogP contribution in [0.2, 0.25) is 0 Å². The molecule has 0 heterocycles. The van der Waals surface area contributed by atoms with Gasteiger partial charge in [0.25, 0.3) is 5.69 Å². The first-order chi connectivity index (χ1) is 8.93. The van der Waals surface area contributed by atoms with Crippen LogP contribution in [0, 0.1) is 10.1 Å². The first-order valence-electron chi connectivity index (χ1n) is 5.06. The molecule has 0 aliphatic heterocycles. The molecular weight excluding hydrogens is 258 g/mol. The van der Waals surface area contributed by atoms with Crippen molar-refractivity contribution in [2.45, 2.75) is 6.54 Å². The second kappa shape index (κ2) is 6.42. The average molecular weight is 269 g/mol. The molecule has 0 bridgehead atoms. The van der Waals surface area contributed by atoms with Crippen LogP contribution in [0.3, 0.4) is 0 Å². The quantitative estimate of drug-likeness (QED) is 0.353. The number of carbonyl (C=O) groups is 2. The number of carboxylic acids is 1. The van der Waals surface area contributed by atoms with Crippen LogP contribution in [0.4, 0.5) is 5.69 Å². The molecular formula is C10H11N3O6. The average Bonchev–Trinajstić information content (AvgIpc) is 2.33. The molecule has 0 aliphatic rings. The van der Waals surface area contributed by atoms with Gasteiger partial charge in [-0.05, 0) is 5.56 Å². The van der Waals surface area contributed by atoms with E-state index in [1.165, 1.54) is 12.1 Å². The molecule has 0 atom stereocenters. The van der Waals surface area contributed by atoms with Gasteiger partial charge in [0.2, 0.25) is 5.91 Å². The van der Waals surface area contributed by atoms with Crippen LogP contribution in [0.1, 0.15) is 15.9 Å². The fourth-order valence-electron chi connectivity index (χ4n) is 1.38. The topological polar surface area (TPSA) is 145 Å². The standard InChI is InChI=1S/C10H11N3O6/c11-8(14)5-19-12-4-6-2-1-3-7(13(17)18)9(6)10(15)16/h1-3,12H,4-5H2,(H2,11,14)(H,15,16). The van der Waals surface area contributed by atoms with Gasteiger partial charge in [0, 0.05) is 12.6 Å². The van der Waals surface area contributed by atoms with E-state index >= 15 is 0 Å². The van der Waals surface area contributed by atoms with Crippen molar-refractivity contribution in [3.63, 3.8) is 0 Å². The summed E-state index contributed by atoms with van der Waals surface area (Å²) in [7, 11) is 0. The zero-order chi connectivity index (χ0) is 14.4. The highest BCUT2D eigenvalue weighted by atomic mass is 16.6. The maximum absolute atomic E-state index is 11.0. The molecule has 0 fully saturated rings. The van der Waals surface area contributed by atoms with Gasteiger partial charge in [0.15, 0.2) is 0 Å². The summed E-state index contributed by atoms with van der Waals surface area (Å²) in [5, 5.41) is 19.7. The Bertz CT molecular complexity index is 516. The van der Waals surface area contributed by atoms with Crippen LogP contribution < -0.4 is 11.2 Å². The van der Waals surface area contributed by atoms with E-state index < -0.39 is 34.7 Å². The van der Waals surface area contributed by atoms with Gasteiger partial charge in [0.05, 0.1) is 4.92 Å². The Balaban J connectivity index is 2.88. The van der Waals surface area contributed by atoms with Gasteiger partial charge in [-0.1, -0.05) is 12.1 Å². The smallest absolute Gasteiger partial charge is 0.343 e. The van der Waals surface area contributed by atoms with Gasteiger partial charge in [0.1, 0.15) is 12.2 Å². The zero-order valence-corrected chi connectivity index (χ0v) is 9.66. The molecule has 19 heavy (non-hydrogen) atoms. The van der Waals surface area contributed by atoms with Crippen LogP contribution in [0.5, 0.6) is 0 Å². The highest BCUT2D eigenvalue weighted by Crippen LogP contribution is 2.22. The summed E-state index contributed by atoms with van der Waals surface area (Å²) in [5.41, 5.74) is 6.35. The molecule has 0 aliphatic carbocycles. The minimum absolute atomic E-state index is 0.114. The number of nitrogens with two attached hydrogens (primary N) is 1. The summed E-state index contributed by atoms with van der Waals surface area (Å²) >= 11 is 0. The third-order valence-electron chi connectivity index (χ3n) is 2.12. The van der Waals surface area contributed by atoms with Gasteiger partial charge < -0.3 is 10.8 Å². The van der Waals surface area contributed by atoms with Crippen LogP contribution >= 0.6 is 0 Å². The predicted molar refractivity (Wildman–Crippen MR) is 62.0 cm³/mol. The van der Waals surface area contributed by atoms with Gasteiger partial charge >= 0.3 is 5.97 Å². The predicted octanol–water partition coefficient (Wildman–Crippen LogP) is -0.200. The molecule has 0 saturated carbocycles.